The Morgan fingerprint density at radius 3 is 2.70 bits per heavy atom. The van der Waals surface area contributed by atoms with Gasteiger partial charge in [0.05, 0.1) is 12.3 Å². The van der Waals surface area contributed by atoms with Gasteiger partial charge in [0.25, 0.3) is 0 Å². The Balaban J connectivity index is 2.02. The lowest BCUT2D eigenvalue weighted by Gasteiger charge is -2.24. The van der Waals surface area contributed by atoms with E-state index in [1.54, 1.807) is 24.0 Å². The van der Waals surface area contributed by atoms with Crippen molar-refractivity contribution >= 4 is 11.9 Å². The van der Waals surface area contributed by atoms with Crippen LogP contribution in [-0.4, -0.2) is 34.5 Å². The van der Waals surface area contributed by atoms with Crippen LogP contribution in [0, 0.1) is 11.7 Å². The van der Waals surface area contributed by atoms with Gasteiger partial charge in [-0.25, -0.2) is 4.39 Å². The third-order valence-corrected chi connectivity index (χ3v) is 3.44. The van der Waals surface area contributed by atoms with Gasteiger partial charge >= 0.3 is 5.97 Å². The van der Waals surface area contributed by atoms with Crippen molar-refractivity contribution in [1.82, 2.24) is 4.90 Å². The monoisotopic (exact) mass is 279 g/mol. The second-order valence-corrected chi connectivity index (χ2v) is 5.32. The standard InChI is InChI=1S/C15H18FNO3/c1-10(15(19)20)9-17(13-5-6-13)14(18)8-11-3-2-4-12(16)7-11/h2-4,7,10,13H,5-6,8-9H2,1H3,(H,19,20). The number of amides is 1. The third-order valence-electron chi connectivity index (χ3n) is 3.44. The molecule has 1 atom stereocenters. The second-order valence-electron chi connectivity index (χ2n) is 5.32. The highest BCUT2D eigenvalue weighted by atomic mass is 19.1. The molecule has 1 amide bonds. The van der Waals surface area contributed by atoms with Crippen molar-refractivity contribution in [2.45, 2.75) is 32.2 Å². The summed E-state index contributed by atoms with van der Waals surface area (Å²) in [7, 11) is 0. The maximum Gasteiger partial charge on any atom is 0.308 e. The van der Waals surface area contributed by atoms with Gasteiger partial charge in [0, 0.05) is 12.6 Å². The van der Waals surface area contributed by atoms with E-state index in [0.717, 1.165) is 12.8 Å². The predicted octanol–water partition coefficient (Wildman–Crippen LogP) is 2.08. The molecule has 0 radical (unpaired) electrons. The highest BCUT2D eigenvalue weighted by Gasteiger charge is 2.34. The first-order chi connectivity index (χ1) is 9.47. The summed E-state index contributed by atoms with van der Waals surface area (Å²) in [6, 6.07) is 6.09. The summed E-state index contributed by atoms with van der Waals surface area (Å²) in [6.45, 7) is 1.81. The summed E-state index contributed by atoms with van der Waals surface area (Å²) < 4.78 is 13.1. The normalized spacial score (nSPS) is 15.7. The molecule has 1 unspecified atom stereocenters. The van der Waals surface area contributed by atoms with Crippen molar-refractivity contribution in [1.29, 1.82) is 0 Å². The fourth-order valence-corrected chi connectivity index (χ4v) is 2.14. The second kappa shape index (κ2) is 6.03. The molecule has 0 saturated heterocycles. The molecule has 0 heterocycles. The molecule has 5 heteroatoms. The Labute approximate surface area is 117 Å². The van der Waals surface area contributed by atoms with Gasteiger partial charge in [-0.15, -0.1) is 0 Å². The number of halogens is 1. The van der Waals surface area contributed by atoms with Gasteiger partial charge in [-0.05, 0) is 30.5 Å². The van der Waals surface area contributed by atoms with E-state index in [1.807, 2.05) is 0 Å². The van der Waals surface area contributed by atoms with E-state index < -0.39 is 11.9 Å². The maximum absolute atomic E-state index is 13.1. The van der Waals surface area contributed by atoms with Gasteiger partial charge in [-0.2, -0.15) is 0 Å². The Kier molecular flexibility index (Phi) is 4.37. The molecule has 0 spiro atoms. The lowest BCUT2D eigenvalue weighted by molar-refractivity contribution is -0.143. The Hall–Kier alpha value is -1.91. The van der Waals surface area contributed by atoms with Crippen LogP contribution in [0.25, 0.3) is 0 Å². The van der Waals surface area contributed by atoms with E-state index in [9.17, 15) is 14.0 Å². The van der Waals surface area contributed by atoms with Crippen LogP contribution >= 0.6 is 0 Å². The van der Waals surface area contributed by atoms with Crippen LogP contribution in [0.2, 0.25) is 0 Å². The smallest absolute Gasteiger partial charge is 0.308 e. The lowest BCUT2D eigenvalue weighted by Crippen LogP contribution is -2.39. The fourth-order valence-electron chi connectivity index (χ4n) is 2.14. The molecule has 0 aromatic heterocycles. The van der Waals surface area contributed by atoms with Crippen LogP contribution in [0.4, 0.5) is 4.39 Å². The van der Waals surface area contributed by atoms with E-state index in [4.69, 9.17) is 5.11 Å². The molecule has 1 aromatic rings. The number of carboxylic acid groups (broad SMARTS) is 1. The van der Waals surface area contributed by atoms with Crippen molar-refractivity contribution in [2.24, 2.45) is 5.92 Å². The quantitative estimate of drug-likeness (QED) is 0.867. The van der Waals surface area contributed by atoms with Gasteiger partial charge in [-0.1, -0.05) is 19.1 Å². The minimum absolute atomic E-state index is 0.112. The van der Waals surface area contributed by atoms with E-state index in [1.165, 1.54) is 12.1 Å². The maximum atomic E-state index is 13.1. The molecule has 1 saturated carbocycles. The van der Waals surface area contributed by atoms with Gasteiger partial charge < -0.3 is 10.0 Å². The number of carbonyl (C=O) groups excluding carboxylic acids is 1. The van der Waals surface area contributed by atoms with Crippen molar-refractivity contribution in [2.75, 3.05) is 6.54 Å². The topological polar surface area (TPSA) is 57.6 Å². The van der Waals surface area contributed by atoms with Crippen molar-refractivity contribution in [3.8, 4) is 0 Å². The fraction of sp³-hybridized carbons (Fsp3) is 0.467. The molecule has 1 aliphatic carbocycles. The zero-order valence-electron chi connectivity index (χ0n) is 11.4. The SMILES string of the molecule is CC(CN(C(=O)Cc1cccc(F)c1)C1CC1)C(=O)O. The van der Waals surface area contributed by atoms with Crippen LogP contribution in [-0.2, 0) is 16.0 Å². The molecule has 0 aliphatic heterocycles. The largest absolute Gasteiger partial charge is 0.481 e. The van der Waals surface area contributed by atoms with E-state index in [0.29, 0.717) is 5.56 Å². The predicted molar refractivity (Wildman–Crippen MR) is 71.6 cm³/mol. The van der Waals surface area contributed by atoms with Crippen molar-refractivity contribution < 1.29 is 19.1 Å². The van der Waals surface area contributed by atoms with Crippen molar-refractivity contribution in [3.05, 3.63) is 35.6 Å². The molecule has 108 valence electrons. The zero-order chi connectivity index (χ0) is 14.7. The lowest BCUT2D eigenvalue weighted by atomic mass is 10.1. The molecule has 2 rings (SSSR count). The van der Waals surface area contributed by atoms with Crippen LogP contribution < -0.4 is 0 Å². The number of hydrogen-bond acceptors (Lipinski definition) is 2. The highest BCUT2D eigenvalue weighted by Crippen LogP contribution is 2.28. The van der Waals surface area contributed by atoms with Crippen LogP contribution in [0.3, 0.4) is 0 Å². The Bertz CT molecular complexity index is 514. The molecular weight excluding hydrogens is 261 g/mol. The van der Waals surface area contributed by atoms with Gasteiger partial charge in [0.1, 0.15) is 5.82 Å². The summed E-state index contributed by atoms with van der Waals surface area (Å²) in [5.41, 5.74) is 0.614. The first-order valence-electron chi connectivity index (χ1n) is 6.74. The Morgan fingerprint density at radius 2 is 2.15 bits per heavy atom. The first-order valence-corrected chi connectivity index (χ1v) is 6.74. The van der Waals surface area contributed by atoms with E-state index >= 15 is 0 Å². The molecule has 1 aromatic carbocycles. The van der Waals surface area contributed by atoms with E-state index in [2.05, 4.69) is 0 Å². The number of benzene rings is 1. The number of rotatable bonds is 6. The summed E-state index contributed by atoms with van der Waals surface area (Å²) >= 11 is 0. The van der Waals surface area contributed by atoms with Crippen LogP contribution in [0.5, 0.6) is 0 Å². The molecule has 4 nitrogen and oxygen atoms in total. The van der Waals surface area contributed by atoms with Gasteiger partial charge in [0.2, 0.25) is 5.91 Å². The summed E-state index contributed by atoms with van der Waals surface area (Å²) in [5.74, 6) is -2.00. The molecular formula is C15H18FNO3. The van der Waals surface area contributed by atoms with Crippen LogP contribution in [0.15, 0.2) is 24.3 Å². The summed E-state index contributed by atoms with van der Waals surface area (Å²) in [5, 5.41) is 8.95. The molecule has 1 N–H and O–H groups in total. The minimum Gasteiger partial charge on any atom is -0.481 e. The van der Waals surface area contributed by atoms with E-state index in [-0.39, 0.29) is 30.7 Å². The summed E-state index contributed by atoms with van der Waals surface area (Å²) in [6.07, 6.45) is 1.95. The average Bonchev–Trinajstić information content (AvgIpc) is 3.19. The van der Waals surface area contributed by atoms with Gasteiger partial charge in [-0.3, -0.25) is 9.59 Å². The first kappa shape index (κ1) is 14.5. The molecule has 1 aliphatic rings. The minimum atomic E-state index is -0.908. The average molecular weight is 279 g/mol. The van der Waals surface area contributed by atoms with Gasteiger partial charge in [0.15, 0.2) is 0 Å². The zero-order valence-corrected chi connectivity index (χ0v) is 11.4. The number of aliphatic carboxylic acids is 1. The number of carbonyl (C=O) groups is 2. The highest BCUT2D eigenvalue weighted by molar-refractivity contribution is 5.80. The molecule has 1 fully saturated rings. The summed E-state index contributed by atoms with van der Waals surface area (Å²) in [4.78, 5) is 24.8. The third kappa shape index (κ3) is 3.79. The molecule has 20 heavy (non-hydrogen) atoms. The molecule has 0 bridgehead atoms. The Morgan fingerprint density at radius 1 is 1.45 bits per heavy atom. The van der Waals surface area contributed by atoms with Crippen molar-refractivity contribution in [3.63, 3.8) is 0 Å². The number of nitrogens with zero attached hydrogens (tertiary/aromatic N) is 1. The van der Waals surface area contributed by atoms with Crippen LogP contribution in [0.1, 0.15) is 25.3 Å². The number of hydrogen-bond donors (Lipinski definition) is 1. The number of carboxylic acids is 1.